The molecular formula is C20H42N2O2Si. The summed E-state index contributed by atoms with van der Waals surface area (Å²) in [6.07, 6.45) is 4.71. The van der Waals surface area contributed by atoms with Gasteiger partial charge in [0.1, 0.15) is 0 Å². The molecule has 0 atom stereocenters. The predicted molar refractivity (Wildman–Crippen MR) is 108 cm³/mol. The fourth-order valence-electron chi connectivity index (χ4n) is 5.45. The lowest BCUT2D eigenvalue weighted by Gasteiger charge is -2.49. The van der Waals surface area contributed by atoms with Crippen molar-refractivity contribution in [1.82, 2.24) is 10.6 Å². The molecule has 2 saturated heterocycles. The maximum absolute atomic E-state index is 6.65. The molecule has 0 radical (unpaired) electrons. The summed E-state index contributed by atoms with van der Waals surface area (Å²) in [6.45, 7) is 22.6. The summed E-state index contributed by atoms with van der Waals surface area (Å²) in [4.78, 5) is 0. The lowest BCUT2D eigenvalue weighted by Crippen LogP contribution is -2.62. The summed E-state index contributed by atoms with van der Waals surface area (Å²) in [5.41, 5.74) is 0.427. The third-order valence-corrected chi connectivity index (χ3v) is 7.01. The smallest absolute Gasteiger partial charge is 0.332 e. The highest BCUT2D eigenvalue weighted by atomic mass is 28.4. The average Bonchev–Trinajstić information content (AvgIpc) is 2.15. The van der Waals surface area contributed by atoms with Crippen molar-refractivity contribution in [3.63, 3.8) is 0 Å². The molecule has 148 valence electrons. The van der Waals surface area contributed by atoms with Crippen LogP contribution in [0.3, 0.4) is 0 Å². The Labute approximate surface area is 157 Å². The molecule has 2 aliphatic heterocycles. The SMILES string of the molecule is CC1(C)CC(O[Si](C)(C)OC2CC(C)(C)NC(C)(C)C2)CC(C)(C)N1. The average molecular weight is 371 g/mol. The molecule has 2 fully saturated rings. The van der Waals surface area contributed by atoms with Crippen molar-refractivity contribution >= 4 is 8.56 Å². The van der Waals surface area contributed by atoms with Crippen LogP contribution < -0.4 is 10.6 Å². The Hall–Kier alpha value is 0.0569. The molecule has 0 aliphatic carbocycles. The van der Waals surface area contributed by atoms with Crippen LogP contribution >= 0.6 is 0 Å². The highest BCUT2D eigenvalue weighted by Crippen LogP contribution is 2.35. The van der Waals surface area contributed by atoms with E-state index in [9.17, 15) is 0 Å². The van der Waals surface area contributed by atoms with Gasteiger partial charge < -0.3 is 19.5 Å². The van der Waals surface area contributed by atoms with Crippen LogP contribution in [0.4, 0.5) is 0 Å². The first kappa shape index (κ1) is 21.4. The molecular weight excluding hydrogens is 328 g/mol. The van der Waals surface area contributed by atoms with Crippen molar-refractivity contribution < 1.29 is 8.85 Å². The van der Waals surface area contributed by atoms with Crippen molar-refractivity contribution in [3.05, 3.63) is 0 Å². The first-order valence-electron chi connectivity index (χ1n) is 9.93. The second-order valence-electron chi connectivity index (χ2n) is 11.5. The summed E-state index contributed by atoms with van der Waals surface area (Å²) < 4.78 is 13.3. The summed E-state index contributed by atoms with van der Waals surface area (Å²) in [7, 11) is -2.18. The van der Waals surface area contributed by atoms with Crippen molar-refractivity contribution in [2.45, 2.75) is 129 Å². The van der Waals surface area contributed by atoms with Crippen LogP contribution in [0, 0.1) is 0 Å². The predicted octanol–water partition coefficient (Wildman–Crippen LogP) is 4.34. The lowest BCUT2D eigenvalue weighted by molar-refractivity contribution is -0.00592. The topological polar surface area (TPSA) is 42.5 Å². The van der Waals surface area contributed by atoms with Gasteiger partial charge in [-0.2, -0.15) is 0 Å². The highest BCUT2D eigenvalue weighted by molar-refractivity contribution is 6.64. The second kappa shape index (κ2) is 6.59. The van der Waals surface area contributed by atoms with Gasteiger partial charge in [0.2, 0.25) is 0 Å². The molecule has 0 aromatic rings. The van der Waals surface area contributed by atoms with Crippen LogP contribution in [0.2, 0.25) is 13.1 Å². The number of piperidine rings is 2. The maximum atomic E-state index is 6.65. The van der Waals surface area contributed by atoms with E-state index in [1.165, 1.54) is 0 Å². The third-order valence-electron chi connectivity index (χ3n) is 5.21. The second-order valence-corrected chi connectivity index (χ2v) is 14.8. The highest BCUT2D eigenvalue weighted by Gasteiger charge is 2.44. The van der Waals surface area contributed by atoms with Gasteiger partial charge in [-0.15, -0.1) is 0 Å². The molecule has 0 unspecified atom stereocenters. The number of nitrogens with one attached hydrogen (secondary N) is 2. The Kier molecular flexibility index (Phi) is 5.63. The molecule has 2 aliphatic rings. The molecule has 2 heterocycles. The van der Waals surface area contributed by atoms with E-state index in [-0.39, 0.29) is 34.4 Å². The van der Waals surface area contributed by atoms with Crippen LogP contribution in [0.5, 0.6) is 0 Å². The Morgan fingerprint density at radius 1 is 0.600 bits per heavy atom. The van der Waals surface area contributed by atoms with E-state index < -0.39 is 8.56 Å². The molecule has 2 rings (SSSR count). The van der Waals surface area contributed by atoms with E-state index in [1.54, 1.807) is 0 Å². The van der Waals surface area contributed by atoms with Gasteiger partial charge in [-0.1, -0.05) is 0 Å². The van der Waals surface area contributed by atoms with Gasteiger partial charge in [-0.25, -0.2) is 0 Å². The standard InChI is InChI=1S/C20H42N2O2Si/c1-17(2)11-15(12-18(3,4)21-17)23-25(9,10)24-16-13-19(5,6)22-20(7,8)14-16/h15-16,21-22H,11-14H2,1-10H3. The van der Waals surface area contributed by atoms with Crippen LogP contribution in [-0.4, -0.2) is 42.9 Å². The van der Waals surface area contributed by atoms with Gasteiger partial charge in [0.15, 0.2) is 0 Å². The van der Waals surface area contributed by atoms with Gasteiger partial charge in [0.05, 0.1) is 12.2 Å². The van der Waals surface area contributed by atoms with E-state index in [0.717, 1.165) is 25.7 Å². The Morgan fingerprint density at radius 3 is 1.08 bits per heavy atom. The molecule has 0 spiro atoms. The van der Waals surface area contributed by atoms with Crippen molar-refractivity contribution in [2.75, 3.05) is 0 Å². The van der Waals surface area contributed by atoms with Gasteiger partial charge in [0.25, 0.3) is 0 Å². The summed E-state index contributed by atoms with van der Waals surface area (Å²) in [6, 6.07) is 0. The lowest BCUT2D eigenvalue weighted by atomic mass is 9.81. The van der Waals surface area contributed by atoms with Crippen LogP contribution in [0.25, 0.3) is 0 Å². The first-order valence-corrected chi connectivity index (χ1v) is 12.7. The van der Waals surface area contributed by atoms with Crippen molar-refractivity contribution in [3.8, 4) is 0 Å². The molecule has 0 aromatic carbocycles. The monoisotopic (exact) mass is 370 g/mol. The minimum atomic E-state index is -2.18. The van der Waals surface area contributed by atoms with Crippen molar-refractivity contribution in [1.29, 1.82) is 0 Å². The molecule has 25 heavy (non-hydrogen) atoms. The zero-order valence-corrected chi connectivity index (χ0v) is 19.3. The van der Waals surface area contributed by atoms with Crippen LogP contribution in [0.1, 0.15) is 81.1 Å². The van der Waals surface area contributed by atoms with E-state index in [0.29, 0.717) is 0 Å². The molecule has 0 aromatic heterocycles. The third kappa shape index (κ3) is 6.62. The van der Waals surface area contributed by atoms with Gasteiger partial charge >= 0.3 is 8.56 Å². The largest absolute Gasteiger partial charge is 0.391 e. The molecule has 0 bridgehead atoms. The molecule has 2 N–H and O–H groups in total. The Bertz CT molecular complexity index is 412. The van der Waals surface area contributed by atoms with E-state index >= 15 is 0 Å². The minimum Gasteiger partial charge on any atom is -0.391 e. The van der Waals surface area contributed by atoms with Gasteiger partial charge in [-0.3, -0.25) is 0 Å². The summed E-state index contributed by atoms with van der Waals surface area (Å²) in [5, 5.41) is 7.47. The summed E-state index contributed by atoms with van der Waals surface area (Å²) in [5.74, 6) is 0. The van der Waals surface area contributed by atoms with Crippen LogP contribution in [0.15, 0.2) is 0 Å². The van der Waals surface area contributed by atoms with Gasteiger partial charge in [0, 0.05) is 22.2 Å². The summed E-state index contributed by atoms with van der Waals surface area (Å²) >= 11 is 0. The molecule has 5 heteroatoms. The van der Waals surface area contributed by atoms with E-state index in [4.69, 9.17) is 8.85 Å². The zero-order chi connectivity index (χ0) is 19.3. The first-order chi connectivity index (χ1) is 11.0. The number of rotatable bonds is 4. The Morgan fingerprint density at radius 2 is 0.840 bits per heavy atom. The maximum Gasteiger partial charge on any atom is 0.332 e. The Balaban J connectivity index is 2.01. The zero-order valence-electron chi connectivity index (χ0n) is 18.3. The van der Waals surface area contributed by atoms with E-state index in [2.05, 4.69) is 79.1 Å². The van der Waals surface area contributed by atoms with Crippen LogP contribution in [-0.2, 0) is 8.85 Å². The minimum absolute atomic E-state index is 0.107. The van der Waals surface area contributed by atoms with E-state index in [1.807, 2.05) is 0 Å². The molecule has 0 saturated carbocycles. The van der Waals surface area contributed by atoms with Crippen molar-refractivity contribution in [2.24, 2.45) is 0 Å². The fraction of sp³-hybridized carbons (Fsp3) is 1.00. The molecule has 0 amide bonds. The normalized spacial score (nSPS) is 29.5. The number of hydrogen-bond donors (Lipinski definition) is 2. The fourth-order valence-corrected chi connectivity index (χ4v) is 7.45. The quantitative estimate of drug-likeness (QED) is 0.723. The molecule has 4 nitrogen and oxygen atoms in total. The van der Waals surface area contributed by atoms with Gasteiger partial charge in [-0.05, 0) is 94.2 Å². The number of hydrogen-bond acceptors (Lipinski definition) is 4.